The Bertz CT molecular complexity index is 942. The molecule has 2 aromatic heterocycles. The van der Waals surface area contributed by atoms with Crippen molar-refractivity contribution in [1.29, 1.82) is 0 Å². The van der Waals surface area contributed by atoms with Crippen LogP contribution in [0.1, 0.15) is 38.2 Å². The molecule has 0 atom stereocenters. The first-order valence-corrected chi connectivity index (χ1v) is 9.82. The van der Waals surface area contributed by atoms with E-state index in [0.29, 0.717) is 23.7 Å². The number of ether oxygens (including phenoxy) is 1. The van der Waals surface area contributed by atoms with Crippen LogP contribution in [0.25, 0.3) is 0 Å². The van der Waals surface area contributed by atoms with Gasteiger partial charge in [-0.2, -0.15) is 0 Å². The van der Waals surface area contributed by atoms with Gasteiger partial charge in [-0.25, -0.2) is 9.78 Å². The van der Waals surface area contributed by atoms with Crippen molar-refractivity contribution in [2.75, 3.05) is 18.1 Å². The number of aromatic nitrogens is 2. The second-order valence-electron chi connectivity index (χ2n) is 6.05. The molecule has 144 valence electrons. The Labute approximate surface area is 167 Å². The van der Waals surface area contributed by atoms with Crippen molar-refractivity contribution in [2.45, 2.75) is 20.3 Å². The van der Waals surface area contributed by atoms with Gasteiger partial charge in [0, 0.05) is 29.4 Å². The minimum absolute atomic E-state index is 0.178. The molecule has 0 aliphatic rings. The summed E-state index contributed by atoms with van der Waals surface area (Å²) in [6.45, 7) is 4.28. The summed E-state index contributed by atoms with van der Waals surface area (Å²) in [6.07, 6.45) is 3.84. The highest BCUT2D eigenvalue weighted by Crippen LogP contribution is 2.28. The molecule has 0 saturated heterocycles. The smallest absolute Gasteiger partial charge is 0.358 e. The third-order valence-corrected chi connectivity index (χ3v) is 5.12. The maximum absolute atomic E-state index is 13.1. The van der Waals surface area contributed by atoms with Crippen molar-refractivity contribution in [3.8, 4) is 0 Å². The number of hydrogen-bond donors (Lipinski definition) is 0. The summed E-state index contributed by atoms with van der Waals surface area (Å²) in [5.74, 6) is -0.649. The highest BCUT2D eigenvalue weighted by atomic mass is 32.1. The van der Waals surface area contributed by atoms with E-state index in [0.717, 1.165) is 10.4 Å². The normalized spacial score (nSPS) is 10.5. The molecule has 0 bridgehead atoms. The molecule has 28 heavy (non-hydrogen) atoms. The van der Waals surface area contributed by atoms with Crippen molar-refractivity contribution in [3.63, 3.8) is 0 Å². The molecule has 3 aromatic rings. The van der Waals surface area contributed by atoms with E-state index in [2.05, 4.69) is 9.97 Å². The fraction of sp³-hybridized carbons (Fsp3) is 0.238. The minimum Gasteiger partial charge on any atom is -0.461 e. The fourth-order valence-corrected chi connectivity index (χ4v) is 3.63. The van der Waals surface area contributed by atoms with Crippen LogP contribution in [0.5, 0.6) is 0 Å². The third-order valence-electron chi connectivity index (χ3n) is 4.12. The molecule has 0 saturated carbocycles. The Morgan fingerprint density at radius 1 is 1.11 bits per heavy atom. The van der Waals surface area contributed by atoms with Gasteiger partial charge in [0.05, 0.1) is 6.61 Å². The fourth-order valence-electron chi connectivity index (χ4n) is 2.71. The van der Waals surface area contributed by atoms with Gasteiger partial charge in [-0.05, 0) is 38.0 Å². The summed E-state index contributed by atoms with van der Waals surface area (Å²) in [5, 5.41) is 0.485. The molecule has 6 nitrogen and oxygen atoms in total. The SMILES string of the molecule is CCOC(=O)c1nc(N(CCc2ccccc2)C(=O)c2ccncc2)sc1C. The zero-order valence-electron chi connectivity index (χ0n) is 15.8. The molecule has 7 heteroatoms. The molecule has 0 unspecified atom stereocenters. The molecule has 0 fully saturated rings. The number of hydrogen-bond acceptors (Lipinski definition) is 6. The van der Waals surface area contributed by atoms with Gasteiger partial charge in [0.15, 0.2) is 10.8 Å². The number of pyridine rings is 1. The maximum atomic E-state index is 13.1. The number of aryl methyl sites for hydroxylation is 1. The zero-order valence-corrected chi connectivity index (χ0v) is 16.6. The van der Waals surface area contributed by atoms with Crippen molar-refractivity contribution < 1.29 is 14.3 Å². The predicted octanol–water partition coefficient (Wildman–Crippen LogP) is 3.91. The van der Waals surface area contributed by atoms with Gasteiger partial charge >= 0.3 is 5.97 Å². The lowest BCUT2D eigenvalue weighted by Gasteiger charge is -2.20. The van der Waals surface area contributed by atoms with Crippen LogP contribution in [0.15, 0.2) is 54.9 Å². The van der Waals surface area contributed by atoms with E-state index in [1.807, 2.05) is 30.3 Å². The van der Waals surface area contributed by atoms with Gasteiger partial charge in [-0.3, -0.25) is 14.7 Å². The molecule has 0 radical (unpaired) electrons. The average molecular weight is 395 g/mol. The Morgan fingerprint density at radius 2 is 1.82 bits per heavy atom. The van der Waals surface area contributed by atoms with Crippen molar-refractivity contribution in [1.82, 2.24) is 9.97 Å². The first kappa shape index (κ1) is 19.7. The Balaban J connectivity index is 1.90. The number of benzene rings is 1. The third kappa shape index (κ3) is 4.61. The zero-order chi connectivity index (χ0) is 19.9. The molecule has 0 aliphatic heterocycles. The van der Waals surface area contributed by atoms with Crippen LogP contribution in [0.2, 0.25) is 0 Å². The van der Waals surface area contributed by atoms with Crippen molar-refractivity contribution >= 4 is 28.3 Å². The number of esters is 1. The summed E-state index contributed by atoms with van der Waals surface area (Å²) in [6, 6.07) is 13.3. The number of amides is 1. The summed E-state index contributed by atoms with van der Waals surface area (Å²) >= 11 is 1.31. The van der Waals surface area contributed by atoms with E-state index in [4.69, 9.17) is 4.74 Å². The highest BCUT2D eigenvalue weighted by molar-refractivity contribution is 7.16. The Kier molecular flexibility index (Phi) is 6.49. The van der Waals surface area contributed by atoms with E-state index < -0.39 is 5.97 Å². The van der Waals surface area contributed by atoms with Gasteiger partial charge in [0.2, 0.25) is 0 Å². The van der Waals surface area contributed by atoms with Gasteiger partial charge in [0.1, 0.15) is 0 Å². The second-order valence-corrected chi connectivity index (χ2v) is 7.23. The molecule has 1 aromatic carbocycles. The number of thiazole rings is 1. The summed E-state index contributed by atoms with van der Waals surface area (Å²) in [4.78, 5) is 36.0. The van der Waals surface area contributed by atoms with E-state index in [1.165, 1.54) is 11.3 Å². The van der Waals surface area contributed by atoms with Gasteiger partial charge in [-0.15, -0.1) is 11.3 Å². The molecular formula is C21H21N3O3S. The molecule has 0 spiro atoms. The summed E-state index contributed by atoms with van der Waals surface area (Å²) < 4.78 is 5.07. The van der Waals surface area contributed by atoms with E-state index in [1.54, 1.807) is 43.3 Å². The van der Waals surface area contributed by atoms with Crippen LogP contribution < -0.4 is 4.90 Å². The second kappa shape index (κ2) is 9.23. The molecule has 3 rings (SSSR count). The van der Waals surface area contributed by atoms with Crippen molar-refractivity contribution in [2.24, 2.45) is 0 Å². The number of carbonyl (C=O) groups is 2. The Morgan fingerprint density at radius 3 is 2.50 bits per heavy atom. The minimum atomic E-state index is -0.470. The van der Waals surface area contributed by atoms with E-state index in [9.17, 15) is 9.59 Å². The lowest BCUT2D eigenvalue weighted by Crippen LogP contribution is -2.33. The maximum Gasteiger partial charge on any atom is 0.358 e. The van der Waals surface area contributed by atoms with Gasteiger partial charge in [0.25, 0.3) is 5.91 Å². The lowest BCUT2D eigenvalue weighted by molar-refractivity contribution is 0.0519. The average Bonchev–Trinajstić information content (AvgIpc) is 3.11. The standard InChI is InChI=1S/C21H21N3O3S/c1-3-27-20(26)18-15(2)28-21(23-18)24(14-11-16-7-5-4-6-8-16)19(25)17-9-12-22-13-10-17/h4-10,12-13H,3,11,14H2,1-2H3. The molecule has 0 aliphatic carbocycles. The van der Waals surface area contributed by atoms with Crippen LogP contribution >= 0.6 is 11.3 Å². The first-order chi connectivity index (χ1) is 13.6. The van der Waals surface area contributed by atoms with E-state index >= 15 is 0 Å². The largest absolute Gasteiger partial charge is 0.461 e. The number of nitrogens with zero attached hydrogens (tertiary/aromatic N) is 3. The van der Waals surface area contributed by atoms with Gasteiger partial charge < -0.3 is 4.74 Å². The number of carbonyl (C=O) groups excluding carboxylic acids is 2. The van der Waals surface area contributed by atoms with E-state index in [-0.39, 0.29) is 18.2 Å². The number of anilines is 1. The molecule has 2 heterocycles. The lowest BCUT2D eigenvalue weighted by atomic mass is 10.1. The quantitative estimate of drug-likeness (QED) is 0.567. The van der Waals surface area contributed by atoms with Crippen LogP contribution in [0.4, 0.5) is 5.13 Å². The van der Waals surface area contributed by atoms with Crippen LogP contribution in [-0.4, -0.2) is 35.0 Å². The topological polar surface area (TPSA) is 72.4 Å². The predicted molar refractivity (Wildman–Crippen MR) is 109 cm³/mol. The molecule has 0 N–H and O–H groups in total. The summed E-state index contributed by atoms with van der Waals surface area (Å²) in [7, 11) is 0. The van der Waals surface area contributed by atoms with Crippen LogP contribution in [0, 0.1) is 6.92 Å². The summed E-state index contributed by atoms with van der Waals surface area (Å²) in [5.41, 5.74) is 1.90. The van der Waals surface area contributed by atoms with Crippen molar-refractivity contribution in [3.05, 3.63) is 76.6 Å². The monoisotopic (exact) mass is 395 g/mol. The molecular weight excluding hydrogens is 374 g/mol. The van der Waals surface area contributed by atoms with Gasteiger partial charge in [-0.1, -0.05) is 30.3 Å². The highest BCUT2D eigenvalue weighted by Gasteiger charge is 2.24. The Hall–Kier alpha value is -3.06. The molecule has 1 amide bonds. The van der Waals surface area contributed by atoms with Crippen LogP contribution in [0.3, 0.4) is 0 Å². The van der Waals surface area contributed by atoms with Crippen LogP contribution in [-0.2, 0) is 11.2 Å². The first-order valence-electron chi connectivity index (χ1n) is 9.00. The number of rotatable bonds is 7.